The molecule has 0 aliphatic rings. The number of sulfone groups is 1. The fourth-order valence-electron chi connectivity index (χ4n) is 1.83. The first-order valence-electron chi connectivity index (χ1n) is 6.63. The molecule has 5 nitrogen and oxygen atoms in total. The van der Waals surface area contributed by atoms with Crippen LogP contribution in [0.5, 0.6) is 0 Å². The second kappa shape index (κ2) is 7.61. The lowest BCUT2D eigenvalue weighted by Crippen LogP contribution is -2.13. The lowest BCUT2D eigenvalue weighted by atomic mass is 10.2. The standard InChI is InChI=1S/C14H14Cl2N2O3S2/c1-23(20,21)6-2-3-13(19)18-14-17-12(8-22-14)10-5-4-9(15)7-11(10)16/h4-5,7-8H,2-3,6H2,1H3,(H,17,18,19). The third kappa shape index (κ3) is 5.76. The van der Waals surface area contributed by atoms with Gasteiger partial charge in [0, 0.05) is 28.6 Å². The smallest absolute Gasteiger partial charge is 0.226 e. The van der Waals surface area contributed by atoms with Crippen LogP contribution < -0.4 is 5.32 Å². The summed E-state index contributed by atoms with van der Waals surface area (Å²) in [6.07, 6.45) is 1.56. The van der Waals surface area contributed by atoms with Gasteiger partial charge in [0.15, 0.2) is 5.13 Å². The van der Waals surface area contributed by atoms with Crippen LogP contribution in [0.4, 0.5) is 5.13 Å². The number of thiazole rings is 1. The van der Waals surface area contributed by atoms with Crippen molar-refractivity contribution in [2.24, 2.45) is 0 Å². The maximum absolute atomic E-state index is 11.8. The van der Waals surface area contributed by atoms with Gasteiger partial charge in [0.2, 0.25) is 5.91 Å². The number of halogens is 2. The van der Waals surface area contributed by atoms with E-state index < -0.39 is 9.84 Å². The molecule has 0 radical (unpaired) electrons. The van der Waals surface area contributed by atoms with Crippen LogP contribution >= 0.6 is 34.5 Å². The number of hydrogen-bond acceptors (Lipinski definition) is 5. The Morgan fingerprint density at radius 3 is 2.74 bits per heavy atom. The third-order valence-electron chi connectivity index (χ3n) is 2.88. The third-order valence-corrected chi connectivity index (χ3v) is 5.21. The molecule has 0 spiro atoms. The molecule has 23 heavy (non-hydrogen) atoms. The Kier molecular flexibility index (Phi) is 6.02. The molecule has 0 aliphatic heterocycles. The van der Waals surface area contributed by atoms with Gasteiger partial charge in [0.25, 0.3) is 0 Å². The van der Waals surface area contributed by atoms with Gasteiger partial charge in [-0.15, -0.1) is 11.3 Å². The van der Waals surface area contributed by atoms with Crippen molar-refractivity contribution in [3.63, 3.8) is 0 Å². The monoisotopic (exact) mass is 392 g/mol. The molecule has 2 aromatic rings. The topological polar surface area (TPSA) is 76.1 Å². The average Bonchev–Trinajstić information content (AvgIpc) is 2.85. The Morgan fingerprint density at radius 2 is 2.09 bits per heavy atom. The molecule has 1 aromatic carbocycles. The van der Waals surface area contributed by atoms with Crippen molar-refractivity contribution in [3.05, 3.63) is 33.6 Å². The van der Waals surface area contributed by atoms with Crippen LogP contribution in [-0.2, 0) is 14.6 Å². The summed E-state index contributed by atoms with van der Waals surface area (Å²) >= 11 is 13.3. The SMILES string of the molecule is CS(=O)(=O)CCCC(=O)Nc1nc(-c2ccc(Cl)cc2Cl)cs1. The Bertz CT molecular complexity index is 819. The number of benzene rings is 1. The van der Waals surface area contributed by atoms with Crippen molar-refractivity contribution in [3.8, 4) is 11.3 Å². The first kappa shape index (κ1) is 18.2. The normalized spacial score (nSPS) is 11.4. The number of anilines is 1. The molecule has 0 saturated heterocycles. The molecule has 0 bridgehead atoms. The van der Waals surface area contributed by atoms with E-state index in [1.807, 2.05) is 0 Å². The molecular formula is C14H14Cl2N2O3S2. The highest BCUT2D eigenvalue weighted by Crippen LogP contribution is 2.32. The zero-order chi connectivity index (χ0) is 17.0. The minimum Gasteiger partial charge on any atom is -0.302 e. The summed E-state index contributed by atoms with van der Waals surface area (Å²) in [5.74, 6) is -0.277. The lowest BCUT2D eigenvalue weighted by Gasteiger charge is -2.02. The minimum absolute atomic E-state index is 0.01000. The van der Waals surface area contributed by atoms with Crippen LogP contribution in [0, 0.1) is 0 Å². The molecule has 9 heteroatoms. The van der Waals surface area contributed by atoms with E-state index in [-0.39, 0.29) is 24.5 Å². The van der Waals surface area contributed by atoms with E-state index in [4.69, 9.17) is 23.2 Å². The quantitative estimate of drug-likeness (QED) is 0.808. The number of nitrogens with one attached hydrogen (secondary N) is 1. The van der Waals surface area contributed by atoms with Gasteiger partial charge < -0.3 is 5.32 Å². The predicted octanol–water partition coefficient (Wildman–Crippen LogP) is 3.88. The molecule has 1 N–H and O–H groups in total. The highest BCUT2D eigenvalue weighted by atomic mass is 35.5. The summed E-state index contributed by atoms with van der Waals surface area (Å²) in [5.41, 5.74) is 1.37. The summed E-state index contributed by atoms with van der Waals surface area (Å²) in [7, 11) is -3.05. The number of hydrogen-bond donors (Lipinski definition) is 1. The first-order chi connectivity index (χ1) is 10.7. The van der Waals surface area contributed by atoms with Crippen molar-refractivity contribution in [2.75, 3.05) is 17.3 Å². The highest BCUT2D eigenvalue weighted by molar-refractivity contribution is 7.90. The minimum atomic E-state index is -3.05. The van der Waals surface area contributed by atoms with Crippen molar-refractivity contribution < 1.29 is 13.2 Å². The van der Waals surface area contributed by atoms with Crippen LogP contribution in [0.1, 0.15) is 12.8 Å². The van der Waals surface area contributed by atoms with Crippen molar-refractivity contribution >= 4 is 55.4 Å². The van der Waals surface area contributed by atoms with Gasteiger partial charge >= 0.3 is 0 Å². The zero-order valence-electron chi connectivity index (χ0n) is 12.2. The molecule has 124 valence electrons. The van der Waals surface area contributed by atoms with Gasteiger partial charge in [-0.2, -0.15) is 0 Å². The number of amides is 1. The summed E-state index contributed by atoms with van der Waals surface area (Å²) in [5, 5.41) is 5.89. The zero-order valence-corrected chi connectivity index (χ0v) is 15.3. The number of nitrogens with zero attached hydrogens (tertiary/aromatic N) is 1. The molecule has 0 atom stereocenters. The molecular weight excluding hydrogens is 379 g/mol. The maximum atomic E-state index is 11.8. The summed E-state index contributed by atoms with van der Waals surface area (Å²) in [6, 6.07) is 5.10. The van der Waals surface area contributed by atoms with E-state index in [1.165, 1.54) is 11.3 Å². The van der Waals surface area contributed by atoms with Crippen LogP contribution in [0.2, 0.25) is 10.0 Å². The lowest BCUT2D eigenvalue weighted by molar-refractivity contribution is -0.116. The van der Waals surface area contributed by atoms with Gasteiger partial charge in [-0.25, -0.2) is 13.4 Å². The molecule has 0 fully saturated rings. The van der Waals surface area contributed by atoms with Crippen LogP contribution in [-0.4, -0.2) is 31.3 Å². The van der Waals surface area contributed by atoms with Crippen molar-refractivity contribution in [2.45, 2.75) is 12.8 Å². The van der Waals surface area contributed by atoms with Gasteiger partial charge in [-0.3, -0.25) is 4.79 Å². The van der Waals surface area contributed by atoms with E-state index in [0.717, 1.165) is 11.8 Å². The molecule has 0 unspecified atom stereocenters. The van der Waals surface area contributed by atoms with Gasteiger partial charge in [-0.05, 0) is 24.6 Å². The Balaban J connectivity index is 1.98. The van der Waals surface area contributed by atoms with Gasteiger partial charge in [0.1, 0.15) is 9.84 Å². The highest BCUT2D eigenvalue weighted by Gasteiger charge is 2.11. The van der Waals surface area contributed by atoms with Crippen molar-refractivity contribution in [1.29, 1.82) is 0 Å². The molecule has 0 saturated carbocycles. The molecule has 1 heterocycles. The van der Waals surface area contributed by atoms with E-state index >= 15 is 0 Å². The van der Waals surface area contributed by atoms with E-state index in [0.29, 0.717) is 20.9 Å². The van der Waals surface area contributed by atoms with Crippen LogP contribution in [0.25, 0.3) is 11.3 Å². The number of carbonyl (C=O) groups is 1. The summed E-state index contributed by atoms with van der Waals surface area (Å²) in [4.78, 5) is 16.1. The second-order valence-electron chi connectivity index (χ2n) is 4.94. The summed E-state index contributed by atoms with van der Waals surface area (Å²) in [6.45, 7) is 0. The molecule has 1 amide bonds. The predicted molar refractivity (Wildman–Crippen MR) is 95.1 cm³/mol. The molecule has 1 aromatic heterocycles. The van der Waals surface area contributed by atoms with Crippen molar-refractivity contribution in [1.82, 2.24) is 4.98 Å². The van der Waals surface area contributed by atoms with E-state index in [1.54, 1.807) is 23.6 Å². The van der Waals surface area contributed by atoms with Crippen LogP contribution in [0.3, 0.4) is 0 Å². The molecule has 0 aliphatic carbocycles. The van der Waals surface area contributed by atoms with E-state index in [9.17, 15) is 13.2 Å². The number of rotatable bonds is 6. The van der Waals surface area contributed by atoms with E-state index in [2.05, 4.69) is 10.3 Å². The molecule has 2 rings (SSSR count). The average molecular weight is 393 g/mol. The fourth-order valence-corrected chi connectivity index (χ4v) is 3.73. The first-order valence-corrected chi connectivity index (χ1v) is 10.3. The fraction of sp³-hybridized carbons (Fsp3) is 0.286. The van der Waals surface area contributed by atoms with Gasteiger partial charge in [-0.1, -0.05) is 23.2 Å². The maximum Gasteiger partial charge on any atom is 0.226 e. The Hall–Kier alpha value is -1.15. The Labute approximate surface area is 148 Å². The van der Waals surface area contributed by atoms with Crippen LogP contribution in [0.15, 0.2) is 23.6 Å². The number of carbonyl (C=O) groups excluding carboxylic acids is 1. The Morgan fingerprint density at radius 1 is 1.35 bits per heavy atom. The second-order valence-corrected chi connectivity index (χ2v) is 8.91. The van der Waals surface area contributed by atoms with Gasteiger partial charge in [0.05, 0.1) is 16.5 Å². The number of aromatic nitrogens is 1. The summed E-state index contributed by atoms with van der Waals surface area (Å²) < 4.78 is 22.0. The largest absolute Gasteiger partial charge is 0.302 e.